The van der Waals surface area contributed by atoms with Gasteiger partial charge in [-0.05, 0) is 64.8 Å². The molecule has 26 heavy (non-hydrogen) atoms. The molecule has 0 bridgehead atoms. The number of sulfonamides is 1. The number of nitrogens with zero attached hydrogens (tertiary/aromatic N) is 1. The summed E-state index contributed by atoms with van der Waals surface area (Å²) in [6, 6.07) is 2.88. The van der Waals surface area contributed by atoms with Crippen molar-refractivity contribution in [1.29, 1.82) is 0 Å². The Labute approximate surface area is 156 Å². The lowest BCUT2D eigenvalue weighted by atomic mass is 10.1. The molecule has 0 radical (unpaired) electrons. The van der Waals surface area contributed by atoms with E-state index in [-0.39, 0.29) is 11.4 Å². The first-order valence-corrected chi connectivity index (χ1v) is 9.83. The van der Waals surface area contributed by atoms with Crippen LogP contribution in [0.15, 0.2) is 17.0 Å². The van der Waals surface area contributed by atoms with Crippen LogP contribution < -0.4 is 10.1 Å². The second kappa shape index (κ2) is 8.26. The zero-order chi connectivity index (χ0) is 20.3. The first-order valence-electron chi connectivity index (χ1n) is 8.39. The molecule has 8 heteroatoms. The molecule has 0 aliphatic heterocycles. The van der Waals surface area contributed by atoms with Gasteiger partial charge in [0.25, 0.3) is 0 Å². The lowest BCUT2D eigenvalue weighted by Gasteiger charge is -2.25. The Balaban J connectivity index is 2.94. The van der Waals surface area contributed by atoms with Crippen LogP contribution in [0, 0.1) is 13.8 Å². The van der Waals surface area contributed by atoms with Crippen molar-refractivity contribution in [3.05, 3.63) is 23.3 Å². The van der Waals surface area contributed by atoms with Crippen molar-refractivity contribution in [2.45, 2.75) is 58.1 Å². The van der Waals surface area contributed by atoms with Gasteiger partial charge in [0.1, 0.15) is 16.2 Å². The van der Waals surface area contributed by atoms with Crippen LogP contribution in [0.1, 0.15) is 38.8 Å². The maximum absolute atomic E-state index is 12.9. The predicted octanol–water partition coefficient (Wildman–Crippen LogP) is 2.85. The van der Waals surface area contributed by atoms with Gasteiger partial charge in [-0.2, -0.15) is 4.31 Å². The lowest BCUT2D eigenvalue weighted by Crippen LogP contribution is -2.44. The molecule has 0 aliphatic carbocycles. The first kappa shape index (κ1) is 22.2. The third-order valence-corrected chi connectivity index (χ3v) is 5.61. The number of rotatable bonds is 6. The van der Waals surface area contributed by atoms with Crippen molar-refractivity contribution in [1.82, 2.24) is 9.62 Å². The number of ether oxygens (including phenoxy) is 2. The SMILES string of the molecule is COc1cc(C)c(C)cc1S(=O)(=O)N(C)C[C@H](C)NC(=O)OC(C)(C)C. The van der Waals surface area contributed by atoms with Gasteiger partial charge in [-0.15, -0.1) is 0 Å². The Morgan fingerprint density at radius 1 is 1.23 bits per heavy atom. The highest BCUT2D eigenvalue weighted by Crippen LogP contribution is 2.29. The summed E-state index contributed by atoms with van der Waals surface area (Å²) in [7, 11) is -0.861. The van der Waals surface area contributed by atoms with E-state index in [1.54, 1.807) is 39.8 Å². The normalized spacial score (nSPS) is 13.4. The molecule has 0 aliphatic rings. The summed E-state index contributed by atoms with van der Waals surface area (Å²) in [6.07, 6.45) is -0.584. The van der Waals surface area contributed by atoms with E-state index in [4.69, 9.17) is 9.47 Å². The van der Waals surface area contributed by atoms with E-state index in [0.717, 1.165) is 11.1 Å². The average molecular weight is 387 g/mol. The second-order valence-electron chi connectivity index (χ2n) is 7.42. The van der Waals surface area contributed by atoms with E-state index in [9.17, 15) is 13.2 Å². The Bertz CT molecular complexity index is 754. The first-order chi connectivity index (χ1) is 11.8. The zero-order valence-electron chi connectivity index (χ0n) is 16.8. The molecule has 1 aromatic rings. The van der Waals surface area contributed by atoms with Gasteiger partial charge in [-0.3, -0.25) is 0 Å². The van der Waals surface area contributed by atoms with Gasteiger partial charge in [0.15, 0.2) is 0 Å². The number of carbonyl (C=O) groups is 1. The van der Waals surface area contributed by atoms with E-state index < -0.39 is 27.8 Å². The van der Waals surface area contributed by atoms with Crippen molar-refractivity contribution in [3.8, 4) is 5.75 Å². The van der Waals surface area contributed by atoms with Crippen molar-refractivity contribution in [3.63, 3.8) is 0 Å². The van der Waals surface area contributed by atoms with Crippen LogP contribution in [0.3, 0.4) is 0 Å². The number of methoxy groups -OCH3 is 1. The largest absolute Gasteiger partial charge is 0.495 e. The number of likely N-dealkylation sites (N-methyl/N-ethyl adjacent to an activating group) is 1. The van der Waals surface area contributed by atoms with Crippen LogP contribution in [0.25, 0.3) is 0 Å². The number of amides is 1. The topological polar surface area (TPSA) is 84.9 Å². The van der Waals surface area contributed by atoms with Gasteiger partial charge in [0.05, 0.1) is 7.11 Å². The third-order valence-electron chi connectivity index (χ3n) is 3.76. The van der Waals surface area contributed by atoms with Gasteiger partial charge in [-0.25, -0.2) is 13.2 Å². The Morgan fingerprint density at radius 2 is 1.77 bits per heavy atom. The molecule has 1 N–H and O–H groups in total. The smallest absolute Gasteiger partial charge is 0.407 e. The highest BCUT2D eigenvalue weighted by molar-refractivity contribution is 7.89. The summed E-state index contributed by atoms with van der Waals surface area (Å²) in [5.41, 5.74) is 1.19. The van der Waals surface area contributed by atoms with Crippen LogP contribution in [-0.2, 0) is 14.8 Å². The number of hydrogen-bond donors (Lipinski definition) is 1. The van der Waals surface area contributed by atoms with Crippen molar-refractivity contribution >= 4 is 16.1 Å². The van der Waals surface area contributed by atoms with E-state index >= 15 is 0 Å². The highest BCUT2D eigenvalue weighted by Gasteiger charge is 2.27. The maximum atomic E-state index is 12.9. The van der Waals surface area contributed by atoms with Gasteiger partial charge < -0.3 is 14.8 Å². The molecule has 1 aromatic carbocycles. The fraction of sp³-hybridized carbons (Fsp3) is 0.611. The maximum Gasteiger partial charge on any atom is 0.407 e. The molecule has 0 unspecified atom stereocenters. The third kappa shape index (κ3) is 5.88. The highest BCUT2D eigenvalue weighted by atomic mass is 32.2. The summed E-state index contributed by atoms with van der Waals surface area (Å²) in [6.45, 7) is 10.8. The Hall–Kier alpha value is -1.80. The van der Waals surface area contributed by atoms with Gasteiger partial charge >= 0.3 is 6.09 Å². The molecule has 1 amide bonds. The van der Waals surface area contributed by atoms with Crippen molar-refractivity contribution < 1.29 is 22.7 Å². The summed E-state index contributed by atoms with van der Waals surface area (Å²) in [5, 5.41) is 2.64. The molecule has 7 nitrogen and oxygen atoms in total. The van der Waals surface area contributed by atoms with Crippen molar-refractivity contribution in [2.75, 3.05) is 20.7 Å². The Morgan fingerprint density at radius 3 is 2.27 bits per heavy atom. The van der Waals surface area contributed by atoms with Gasteiger partial charge in [0.2, 0.25) is 10.0 Å². The van der Waals surface area contributed by atoms with Crippen LogP contribution >= 0.6 is 0 Å². The monoisotopic (exact) mass is 386 g/mol. The standard InChI is InChI=1S/C18H30N2O5S/c1-12-9-15(24-8)16(10-13(12)2)26(22,23)20(7)11-14(3)19-17(21)25-18(4,5)6/h9-10,14H,11H2,1-8H3,(H,19,21)/t14-/m0/s1. The fourth-order valence-electron chi connectivity index (χ4n) is 2.33. The summed E-state index contributed by atoms with van der Waals surface area (Å²) in [4.78, 5) is 11.9. The fourth-order valence-corrected chi connectivity index (χ4v) is 3.81. The van der Waals surface area contributed by atoms with Crippen LogP contribution in [-0.4, -0.2) is 51.2 Å². The molecule has 0 saturated carbocycles. The number of nitrogens with one attached hydrogen (secondary N) is 1. The molecule has 148 valence electrons. The van der Waals surface area contributed by atoms with Gasteiger partial charge in [-0.1, -0.05) is 0 Å². The molecule has 1 atom stereocenters. The van der Waals surface area contributed by atoms with E-state index in [2.05, 4.69) is 5.32 Å². The molecule has 1 rings (SSSR count). The number of carbonyl (C=O) groups excluding carboxylic acids is 1. The van der Waals surface area contributed by atoms with E-state index in [0.29, 0.717) is 5.75 Å². The Kier molecular flexibility index (Phi) is 7.07. The van der Waals surface area contributed by atoms with Gasteiger partial charge in [0, 0.05) is 19.6 Å². The number of aryl methyl sites for hydroxylation is 2. The number of alkyl carbamates (subject to hydrolysis) is 1. The summed E-state index contributed by atoms with van der Waals surface area (Å²) >= 11 is 0. The van der Waals surface area contributed by atoms with E-state index in [1.165, 1.54) is 18.5 Å². The number of benzene rings is 1. The molecule has 0 saturated heterocycles. The van der Waals surface area contributed by atoms with Crippen LogP contribution in [0.5, 0.6) is 5.75 Å². The molecule has 0 aromatic heterocycles. The quantitative estimate of drug-likeness (QED) is 0.813. The minimum absolute atomic E-state index is 0.0949. The predicted molar refractivity (Wildman–Crippen MR) is 101 cm³/mol. The second-order valence-corrected chi connectivity index (χ2v) is 9.43. The summed E-state index contributed by atoms with van der Waals surface area (Å²) < 4.78 is 37.5. The molecular weight excluding hydrogens is 356 g/mol. The lowest BCUT2D eigenvalue weighted by molar-refractivity contribution is 0.0504. The van der Waals surface area contributed by atoms with Crippen LogP contribution in [0.4, 0.5) is 4.79 Å². The molecule has 0 heterocycles. The molecule has 0 spiro atoms. The van der Waals surface area contributed by atoms with Crippen molar-refractivity contribution in [2.24, 2.45) is 0 Å². The number of hydrogen-bond acceptors (Lipinski definition) is 5. The average Bonchev–Trinajstić information content (AvgIpc) is 2.46. The zero-order valence-corrected chi connectivity index (χ0v) is 17.7. The molecule has 0 fully saturated rings. The summed E-state index contributed by atoms with van der Waals surface area (Å²) in [5.74, 6) is 0.299. The minimum Gasteiger partial charge on any atom is -0.495 e. The van der Waals surface area contributed by atoms with Crippen LogP contribution in [0.2, 0.25) is 0 Å². The molecular formula is C18H30N2O5S. The minimum atomic E-state index is -3.77. The van der Waals surface area contributed by atoms with E-state index in [1.807, 2.05) is 13.8 Å².